The number of carbonyl (C=O) groups excluding carboxylic acids is 2. The molecule has 0 bridgehead atoms. The summed E-state index contributed by atoms with van der Waals surface area (Å²) in [5, 5.41) is 10.6. The van der Waals surface area contributed by atoms with E-state index in [1.54, 1.807) is 42.5 Å². The first-order valence-corrected chi connectivity index (χ1v) is 16.0. The van der Waals surface area contributed by atoms with Gasteiger partial charge in [-0.3, -0.25) is 24.2 Å². The summed E-state index contributed by atoms with van der Waals surface area (Å²) < 4.78 is 47.5. The molecule has 5 aromatic rings. The first-order chi connectivity index (χ1) is 23.5. The van der Waals surface area contributed by atoms with E-state index in [0.29, 0.717) is 36.4 Å². The van der Waals surface area contributed by atoms with Crippen LogP contribution in [0.4, 0.5) is 30.4 Å². The molecule has 0 saturated carbocycles. The van der Waals surface area contributed by atoms with Gasteiger partial charge in [0, 0.05) is 37.0 Å². The molecule has 3 aromatic heterocycles. The van der Waals surface area contributed by atoms with Crippen LogP contribution in [0.3, 0.4) is 0 Å². The number of nitrogens with zero attached hydrogens (tertiary/aromatic N) is 6. The van der Waals surface area contributed by atoms with E-state index in [0.717, 1.165) is 18.5 Å². The molecule has 0 radical (unpaired) electrons. The van der Waals surface area contributed by atoms with E-state index in [1.165, 1.54) is 25.4 Å². The third kappa shape index (κ3) is 6.27. The van der Waals surface area contributed by atoms with Crippen molar-refractivity contribution in [3.05, 3.63) is 88.1 Å². The Balaban J connectivity index is 1.13. The summed E-state index contributed by atoms with van der Waals surface area (Å²) in [5.74, 6) is -2.33. The summed E-state index contributed by atoms with van der Waals surface area (Å²) in [7, 11) is 1.39. The summed E-state index contributed by atoms with van der Waals surface area (Å²) in [6, 6.07) is 14.7. The molecule has 2 aliphatic rings. The first-order valence-electron chi connectivity index (χ1n) is 15.3. The Labute approximate surface area is 287 Å². The van der Waals surface area contributed by atoms with Gasteiger partial charge in [-0.05, 0) is 43.2 Å². The molecule has 1 amide bonds. The molecule has 2 aliphatic heterocycles. The van der Waals surface area contributed by atoms with Gasteiger partial charge in [0.15, 0.2) is 11.5 Å². The molecule has 1 fully saturated rings. The molecule has 2 N–H and O–H groups in total. The second kappa shape index (κ2) is 12.9. The van der Waals surface area contributed by atoms with Gasteiger partial charge in [-0.25, -0.2) is 9.97 Å². The number of halogens is 5. The highest BCUT2D eigenvalue weighted by Crippen LogP contribution is 2.42. The quantitative estimate of drug-likeness (QED) is 0.169. The summed E-state index contributed by atoms with van der Waals surface area (Å²) in [4.78, 5) is 39.0. The van der Waals surface area contributed by atoms with Crippen molar-refractivity contribution in [1.29, 1.82) is 0 Å². The fraction of sp³-hybridized carbons (Fsp3) is 0.273. The summed E-state index contributed by atoms with van der Waals surface area (Å²) in [6.07, 6.45) is -1.59. The molecule has 0 aliphatic carbocycles. The molecule has 7 rings (SSSR count). The van der Waals surface area contributed by atoms with Crippen molar-refractivity contribution in [2.75, 3.05) is 30.8 Å². The molecule has 0 spiro atoms. The average Bonchev–Trinajstić information content (AvgIpc) is 3.51. The van der Waals surface area contributed by atoms with E-state index in [9.17, 15) is 22.8 Å². The fourth-order valence-corrected chi connectivity index (χ4v) is 6.74. The van der Waals surface area contributed by atoms with Crippen LogP contribution in [0.5, 0.6) is 0 Å². The highest BCUT2D eigenvalue weighted by molar-refractivity contribution is 6.39. The number of rotatable bonds is 7. The predicted molar refractivity (Wildman–Crippen MR) is 177 cm³/mol. The van der Waals surface area contributed by atoms with Crippen LogP contribution in [0.2, 0.25) is 10.0 Å². The molecule has 16 heteroatoms. The molecule has 0 unspecified atom stereocenters. The molecule has 49 heavy (non-hydrogen) atoms. The van der Waals surface area contributed by atoms with Gasteiger partial charge in [0.1, 0.15) is 5.52 Å². The van der Waals surface area contributed by atoms with Gasteiger partial charge in [0.2, 0.25) is 5.82 Å². The SMILES string of the molecule is COC(=O)C1CN([C@@H]2CCCn3nc(C(=O)Nc4cccc(-c5cccc(Nc6nc(C(F)(F)F)nc7cccnc67)c5Cl)c4Cl)cc32)C1. The maximum Gasteiger partial charge on any atom is 0.451 e. The maximum atomic E-state index is 13.6. The number of nitrogens with one attached hydrogen (secondary N) is 2. The van der Waals surface area contributed by atoms with Gasteiger partial charge in [-0.2, -0.15) is 18.3 Å². The Morgan fingerprint density at radius 2 is 1.69 bits per heavy atom. The minimum absolute atomic E-state index is 0.00734. The molecular formula is C33H27Cl2F3N8O3. The van der Waals surface area contributed by atoms with Crippen LogP contribution in [-0.4, -0.2) is 61.7 Å². The number of benzene rings is 2. The number of hydrogen-bond donors (Lipinski definition) is 2. The summed E-state index contributed by atoms with van der Waals surface area (Å²) >= 11 is 13.6. The average molecular weight is 712 g/mol. The number of aromatic nitrogens is 5. The highest BCUT2D eigenvalue weighted by atomic mass is 35.5. The van der Waals surface area contributed by atoms with E-state index in [1.807, 2.05) is 4.68 Å². The lowest BCUT2D eigenvalue weighted by Crippen LogP contribution is -2.52. The number of alkyl halides is 3. The lowest BCUT2D eigenvalue weighted by Gasteiger charge is -2.44. The van der Waals surface area contributed by atoms with E-state index in [2.05, 4.69) is 35.6 Å². The van der Waals surface area contributed by atoms with E-state index < -0.39 is 17.9 Å². The van der Waals surface area contributed by atoms with Gasteiger partial charge in [-0.15, -0.1) is 0 Å². The molecule has 2 aromatic carbocycles. The number of likely N-dealkylation sites (tertiary alicyclic amines) is 1. The van der Waals surface area contributed by atoms with Gasteiger partial charge < -0.3 is 15.4 Å². The number of hydrogen-bond acceptors (Lipinski definition) is 9. The number of ether oxygens (including phenoxy) is 1. The van der Waals surface area contributed by atoms with Crippen LogP contribution >= 0.6 is 23.2 Å². The summed E-state index contributed by atoms with van der Waals surface area (Å²) in [6.45, 7) is 1.85. The number of aryl methyl sites for hydroxylation is 1. The number of methoxy groups -OCH3 is 1. The van der Waals surface area contributed by atoms with Gasteiger partial charge in [0.25, 0.3) is 5.91 Å². The second-order valence-corrected chi connectivity index (χ2v) is 12.4. The van der Waals surface area contributed by atoms with Crippen LogP contribution in [0.1, 0.15) is 40.9 Å². The van der Waals surface area contributed by atoms with Gasteiger partial charge in [0.05, 0.1) is 51.7 Å². The molecule has 5 heterocycles. The van der Waals surface area contributed by atoms with Gasteiger partial charge in [-0.1, -0.05) is 47.5 Å². The Morgan fingerprint density at radius 1 is 0.980 bits per heavy atom. The standard InChI is InChI=1S/C33H27Cl2F3N8O3/c1-49-31(48)17-15-45(16-17)24-11-5-13-46-25(24)14-23(44-46)30(47)41-21-9-3-7-19(27(21)35)18-6-2-8-20(26(18)34)40-29-28-22(10-4-12-39-28)42-32(43-29)33(36,37)38/h2-4,6-10,12,14,17,24H,5,11,13,15-16H2,1H3,(H,41,47)(H,40,42,43)/t24-/m1/s1. The summed E-state index contributed by atoms with van der Waals surface area (Å²) in [5.41, 5.74) is 2.75. The third-order valence-corrected chi connectivity index (χ3v) is 9.43. The minimum atomic E-state index is -4.79. The fourth-order valence-electron chi connectivity index (χ4n) is 6.19. The Hall–Kier alpha value is -4.79. The minimum Gasteiger partial charge on any atom is -0.469 e. The van der Waals surface area contributed by atoms with Crippen molar-refractivity contribution in [3.63, 3.8) is 0 Å². The van der Waals surface area contributed by atoms with Crippen LogP contribution < -0.4 is 10.6 Å². The predicted octanol–water partition coefficient (Wildman–Crippen LogP) is 7.15. The zero-order valence-electron chi connectivity index (χ0n) is 25.8. The van der Waals surface area contributed by atoms with Crippen LogP contribution in [0.25, 0.3) is 22.2 Å². The number of esters is 1. The van der Waals surface area contributed by atoms with Crippen LogP contribution in [0, 0.1) is 5.92 Å². The van der Waals surface area contributed by atoms with Crippen molar-refractivity contribution in [2.45, 2.75) is 31.6 Å². The molecule has 1 atom stereocenters. The lowest BCUT2D eigenvalue weighted by atomic mass is 9.93. The number of anilines is 3. The maximum absolute atomic E-state index is 13.6. The molecule has 1 saturated heterocycles. The van der Waals surface area contributed by atoms with Gasteiger partial charge >= 0.3 is 12.1 Å². The molecular weight excluding hydrogens is 684 g/mol. The van der Waals surface area contributed by atoms with Crippen molar-refractivity contribution in [3.8, 4) is 11.1 Å². The second-order valence-electron chi connectivity index (χ2n) is 11.7. The largest absolute Gasteiger partial charge is 0.469 e. The number of amides is 1. The number of carbonyl (C=O) groups is 2. The molecule has 252 valence electrons. The third-order valence-electron chi connectivity index (χ3n) is 8.61. The Bertz CT molecular complexity index is 2100. The molecule has 11 nitrogen and oxygen atoms in total. The van der Waals surface area contributed by atoms with E-state index in [4.69, 9.17) is 27.9 Å². The lowest BCUT2D eigenvalue weighted by molar-refractivity contribution is -0.153. The van der Waals surface area contributed by atoms with E-state index >= 15 is 0 Å². The van der Waals surface area contributed by atoms with Crippen molar-refractivity contribution in [2.24, 2.45) is 5.92 Å². The number of fused-ring (bicyclic) bond motifs is 2. The highest BCUT2D eigenvalue weighted by Gasteiger charge is 2.40. The Morgan fingerprint density at radius 3 is 2.41 bits per heavy atom. The normalized spacial score (nSPS) is 16.6. The van der Waals surface area contributed by atoms with Crippen LogP contribution in [0.15, 0.2) is 60.8 Å². The van der Waals surface area contributed by atoms with E-state index in [-0.39, 0.29) is 56.2 Å². The monoisotopic (exact) mass is 710 g/mol. The van der Waals surface area contributed by atoms with Crippen LogP contribution in [-0.2, 0) is 22.3 Å². The Kier molecular flexibility index (Phi) is 8.63. The number of pyridine rings is 1. The zero-order chi connectivity index (χ0) is 34.4. The zero-order valence-corrected chi connectivity index (χ0v) is 27.3. The first kappa shape index (κ1) is 32.7. The van der Waals surface area contributed by atoms with Crippen molar-refractivity contribution >= 4 is 63.3 Å². The van der Waals surface area contributed by atoms with Crippen molar-refractivity contribution in [1.82, 2.24) is 29.6 Å². The van der Waals surface area contributed by atoms with Crippen molar-refractivity contribution < 1.29 is 27.5 Å². The topological polar surface area (TPSA) is 127 Å². The smallest absolute Gasteiger partial charge is 0.451 e.